The van der Waals surface area contributed by atoms with Gasteiger partial charge in [-0.05, 0) is 12.3 Å². The van der Waals surface area contributed by atoms with Crippen LogP contribution >= 0.6 is 11.8 Å². The van der Waals surface area contributed by atoms with Crippen LogP contribution in [0, 0.1) is 5.92 Å². The SMILES string of the molecule is CC(C)CC1NC(=O)SC1=O. The molecule has 0 aromatic rings. The second-order valence-electron chi connectivity index (χ2n) is 3.04. The van der Waals surface area contributed by atoms with E-state index in [4.69, 9.17) is 0 Å². The first-order chi connectivity index (χ1) is 5.09. The monoisotopic (exact) mass is 173 g/mol. The van der Waals surface area contributed by atoms with Crippen LogP contribution < -0.4 is 5.32 Å². The lowest BCUT2D eigenvalue weighted by molar-refractivity contribution is -0.112. The molecule has 1 atom stereocenters. The molecule has 1 N–H and O–H groups in total. The van der Waals surface area contributed by atoms with Gasteiger partial charge in [-0.3, -0.25) is 9.59 Å². The Morgan fingerprint density at radius 1 is 1.55 bits per heavy atom. The van der Waals surface area contributed by atoms with E-state index in [1.54, 1.807) is 0 Å². The largest absolute Gasteiger partial charge is 0.336 e. The van der Waals surface area contributed by atoms with Crippen molar-refractivity contribution in [1.29, 1.82) is 0 Å². The molecule has 11 heavy (non-hydrogen) atoms. The Morgan fingerprint density at radius 3 is 2.55 bits per heavy atom. The van der Waals surface area contributed by atoms with Gasteiger partial charge in [-0.1, -0.05) is 13.8 Å². The summed E-state index contributed by atoms with van der Waals surface area (Å²) in [5.74, 6) is 0.447. The van der Waals surface area contributed by atoms with E-state index in [2.05, 4.69) is 5.32 Å². The fraction of sp³-hybridized carbons (Fsp3) is 0.714. The molecule has 1 amide bonds. The minimum Gasteiger partial charge on any atom is -0.336 e. The van der Waals surface area contributed by atoms with Crippen LogP contribution in [-0.4, -0.2) is 16.4 Å². The van der Waals surface area contributed by atoms with Crippen molar-refractivity contribution >= 4 is 22.1 Å². The summed E-state index contributed by atoms with van der Waals surface area (Å²) in [5, 5.41) is 2.36. The van der Waals surface area contributed by atoms with Gasteiger partial charge in [0.05, 0.1) is 6.04 Å². The van der Waals surface area contributed by atoms with Gasteiger partial charge in [0.15, 0.2) is 0 Å². The molecule has 3 nitrogen and oxygen atoms in total. The number of amides is 1. The van der Waals surface area contributed by atoms with Crippen LogP contribution in [0.2, 0.25) is 0 Å². The van der Waals surface area contributed by atoms with Crippen molar-refractivity contribution in [1.82, 2.24) is 5.32 Å². The van der Waals surface area contributed by atoms with Gasteiger partial charge >= 0.3 is 0 Å². The van der Waals surface area contributed by atoms with Gasteiger partial charge < -0.3 is 5.32 Å². The molecule has 0 aromatic carbocycles. The van der Waals surface area contributed by atoms with Crippen LogP contribution in [0.4, 0.5) is 4.79 Å². The molecule has 1 rings (SSSR count). The molecule has 1 aliphatic heterocycles. The number of hydrogen-bond acceptors (Lipinski definition) is 3. The zero-order valence-corrected chi connectivity index (χ0v) is 7.40. The van der Waals surface area contributed by atoms with Crippen LogP contribution in [0.15, 0.2) is 0 Å². The lowest BCUT2D eigenvalue weighted by atomic mass is 10.1. The molecule has 0 spiro atoms. The minimum atomic E-state index is -0.243. The van der Waals surface area contributed by atoms with Crippen LogP contribution in [0.1, 0.15) is 20.3 Å². The molecular weight excluding hydrogens is 162 g/mol. The van der Waals surface area contributed by atoms with Gasteiger partial charge in [-0.25, -0.2) is 0 Å². The predicted molar refractivity (Wildman–Crippen MR) is 44.4 cm³/mol. The van der Waals surface area contributed by atoms with Crippen molar-refractivity contribution in [3.8, 4) is 0 Å². The van der Waals surface area contributed by atoms with E-state index in [-0.39, 0.29) is 16.4 Å². The van der Waals surface area contributed by atoms with E-state index in [0.717, 1.165) is 18.2 Å². The summed E-state index contributed by atoms with van der Waals surface area (Å²) in [7, 11) is 0. The maximum atomic E-state index is 11.0. The zero-order valence-electron chi connectivity index (χ0n) is 6.59. The average Bonchev–Trinajstić information content (AvgIpc) is 2.09. The van der Waals surface area contributed by atoms with Crippen molar-refractivity contribution in [3.63, 3.8) is 0 Å². The van der Waals surface area contributed by atoms with E-state index in [0.29, 0.717) is 5.92 Å². The van der Waals surface area contributed by atoms with E-state index in [1.165, 1.54) is 0 Å². The normalized spacial score (nSPS) is 24.5. The third kappa shape index (κ3) is 2.22. The Hall–Kier alpha value is -0.510. The summed E-state index contributed by atoms with van der Waals surface area (Å²) >= 11 is 0.782. The highest BCUT2D eigenvalue weighted by Crippen LogP contribution is 2.20. The summed E-state index contributed by atoms with van der Waals surface area (Å²) in [5.41, 5.74) is 0. The molecule has 1 fully saturated rings. The van der Waals surface area contributed by atoms with Gasteiger partial charge in [0.25, 0.3) is 5.24 Å². The lowest BCUT2D eigenvalue weighted by Crippen LogP contribution is -2.29. The first kappa shape index (κ1) is 8.59. The molecule has 0 aliphatic carbocycles. The maximum Gasteiger partial charge on any atom is 0.287 e. The summed E-state index contributed by atoms with van der Waals surface area (Å²) in [6.45, 7) is 4.06. The third-order valence-electron chi connectivity index (χ3n) is 1.48. The van der Waals surface area contributed by atoms with E-state index >= 15 is 0 Å². The Bertz CT molecular complexity index is 191. The molecule has 1 aliphatic rings. The first-order valence-electron chi connectivity index (χ1n) is 3.62. The zero-order chi connectivity index (χ0) is 8.43. The van der Waals surface area contributed by atoms with Gasteiger partial charge in [-0.15, -0.1) is 0 Å². The summed E-state index contributed by atoms with van der Waals surface area (Å²) in [6.07, 6.45) is 0.748. The number of rotatable bonds is 2. The van der Waals surface area contributed by atoms with Crippen molar-refractivity contribution in [3.05, 3.63) is 0 Å². The van der Waals surface area contributed by atoms with Gasteiger partial charge in [0, 0.05) is 11.8 Å². The Balaban J connectivity index is 2.47. The smallest absolute Gasteiger partial charge is 0.287 e. The second-order valence-corrected chi connectivity index (χ2v) is 4.01. The van der Waals surface area contributed by atoms with Crippen LogP contribution in [0.5, 0.6) is 0 Å². The number of carbonyl (C=O) groups excluding carboxylic acids is 2. The molecule has 1 saturated heterocycles. The second kappa shape index (κ2) is 3.26. The Kier molecular flexibility index (Phi) is 2.54. The quantitative estimate of drug-likeness (QED) is 0.686. The molecule has 1 heterocycles. The summed E-state index contributed by atoms with van der Waals surface area (Å²) in [4.78, 5) is 21.7. The highest BCUT2D eigenvalue weighted by atomic mass is 32.2. The van der Waals surface area contributed by atoms with E-state index < -0.39 is 0 Å². The fourth-order valence-corrected chi connectivity index (χ4v) is 1.70. The highest BCUT2D eigenvalue weighted by molar-refractivity contribution is 8.26. The third-order valence-corrected chi connectivity index (χ3v) is 2.27. The molecule has 0 aromatic heterocycles. The lowest BCUT2D eigenvalue weighted by Gasteiger charge is -2.09. The standard InChI is InChI=1S/C7H11NO2S/c1-4(2)3-5-6(9)11-7(10)8-5/h4-5H,3H2,1-2H3,(H,8,10). The van der Waals surface area contributed by atoms with Crippen LogP contribution in [0.25, 0.3) is 0 Å². The highest BCUT2D eigenvalue weighted by Gasteiger charge is 2.31. The van der Waals surface area contributed by atoms with Gasteiger partial charge in [0.2, 0.25) is 5.12 Å². The Labute approximate surface area is 69.9 Å². The van der Waals surface area contributed by atoms with E-state index in [9.17, 15) is 9.59 Å². The number of carbonyl (C=O) groups is 2. The molecule has 62 valence electrons. The van der Waals surface area contributed by atoms with Gasteiger partial charge in [0.1, 0.15) is 0 Å². The van der Waals surface area contributed by atoms with Crippen LogP contribution in [-0.2, 0) is 4.79 Å². The van der Waals surface area contributed by atoms with Crippen molar-refractivity contribution < 1.29 is 9.59 Å². The van der Waals surface area contributed by atoms with E-state index in [1.807, 2.05) is 13.8 Å². The van der Waals surface area contributed by atoms with Crippen molar-refractivity contribution in [2.45, 2.75) is 26.3 Å². The van der Waals surface area contributed by atoms with Crippen molar-refractivity contribution in [2.24, 2.45) is 5.92 Å². The summed E-state index contributed by atoms with van der Waals surface area (Å²) in [6, 6.07) is -0.243. The number of thioether (sulfide) groups is 1. The molecule has 0 bridgehead atoms. The molecule has 4 heteroatoms. The Morgan fingerprint density at radius 2 is 2.18 bits per heavy atom. The molecule has 1 unspecified atom stereocenters. The number of hydrogen-bond donors (Lipinski definition) is 1. The minimum absolute atomic E-state index is 0.0382. The predicted octanol–water partition coefficient (Wildman–Crippen LogP) is 1.38. The maximum absolute atomic E-state index is 11.0. The molecule has 0 radical (unpaired) electrons. The average molecular weight is 173 g/mol. The molecule has 0 saturated carbocycles. The first-order valence-corrected chi connectivity index (χ1v) is 4.43. The van der Waals surface area contributed by atoms with Crippen molar-refractivity contribution in [2.75, 3.05) is 0 Å². The number of nitrogens with one attached hydrogen (secondary N) is 1. The fourth-order valence-electron chi connectivity index (χ4n) is 1.02. The van der Waals surface area contributed by atoms with Gasteiger partial charge in [-0.2, -0.15) is 0 Å². The molecular formula is C7H11NO2S. The summed E-state index contributed by atoms with van der Waals surface area (Å²) < 4.78 is 0. The topological polar surface area (TPSA) is 46.2 Å². The van der Waals surface area contributed by atoms with Crippen LogP contribution in [0.3, 0.4) is 0 Å².